The summed E-state index contributed by atoms with van der Waals surface area (Å²) in [5.74, 6) is -0.777. The van der Waals surface area contributed by atoms with Gasteiger partial charge in [0.25, 0.3) is 11.6 Å². The van der Waals surface area contributed by atoms with Crippen molar-refractivity contribution in [3.63, 3.8) is 0 Å². The van der Waals surface area contributed by atoms with E-state index < -0.39 is 28.3 Å². The molecule has 5 nitrogen and oxygen atoms in total. The Balaban J connectivity index is 2.33. The highest BCUT2D eigenvalue weighted by Gasteiger charge is 2.33. The molecule has 0 radical (unpaired) electrons. The topological polar surface area (TPSA) is 63.5 Å². The van der Waals surface area contributed by atoms with Crippen LogP contribution in [0.4, 0.5) is 18.9 Å². The van der Waals surface area contributed by atoms with Crippen LogP contribution in [-0.4, -0.2) is 22.8 Å². The summed E-state index contributed by atoms with van der Waals surface area (Å²) in [7, 11) is 1.27. The standard InChI is InChI=1S/C16H12ClF3N2O3/c1-21(9-10-4-2-3-5-13(10)16(18,19)20)15(23)12-7-6-11(17)8-14(12)22(24)25/h2-8H,9H2,1H3. The van der Waals surface area contributed by atoms with Gasteiger partial charge in [-0.1, -0.05) is 29.8 Å². The summed E-state index contributed by atoms with van der Waals surface area (Å²) >= 11 is 5.69. The van der Waals surface area contributed by atoms with Gasteiger partial charge in [0.05, 0.1) is 10.5 Å². The highest BCUT2D eigenvalue weighted by Crippen LogP contribution is 2.32. The number of amides is 1. The second-order valence-corrected chi connectivity index (χ2v) is 5.67. The van der Waals surface area contributed by atoms with Crippen molar-refractivity contribution in [3.8, 4) is 0 Å². The van der Waals surface area contributed by atoms with Crippen molar-refractivity contribution in [3.05, 3.63) is 74.3 Å². The number of carbonyl (C=O) groups is 1. The van der Waals surface area contributed by atoms with Gasteiger partial charge in [0, 0.05) is 24.7 Å². The SMILES string of the molecule is CN(Cc1ccccc1C(F)(F)F)C(=O)c1ccc(Cl)cc1[N+](=O)[O-]. The van der Waals surface area contributed by atoms with Crippen LogP contribution >= 0.6 is 11.6 Å². The molecule has 25 heavy (non-hydrogen) atoms. The van der Waals surface area contributed by atoms with Crippen LogP contribution in [0.15, 0.2) is 42.5 Å². The molecule has 0 bridgehead atoms. The zero-order valence-corrected chi connectivity index (χ0v) is 13.6. The zero-order chi connectivity index (χ0) is 18.8. The molecule has 0 saturated heterocycles. The van der Waals surface area contributed by atoms with E-state index in [1.165, 1.54) is 37.4 Å². The molecule has 0 N–H and O–H groups in total. The molecule has 2 rings (SSSR count). The third-order valence-corrected chi connectivity index (χ3v) is 3.70. The fourth-order valence-electron chi connectivity index (χ4n) is 2.30. The molecule has 0 atom stereocenters. The number of nitro groups is 1. The zero-order valence-electron chi connectivity index (χ0n) is 12.9. The van der Waals surface area contributed by atoms with Crippen LogP contribution in [0.2, 0.25) is 5.02 Å². The Morgan fingerprint density at radius 2 is 1.88 bits per heavy atom. The fourth-order valence-corrected chi connectivity index (χ4v) is 2.47. The number of hydrogen-bond donors (Lipinski definition) is 0. The number of nitrogens with zero attached hydrogens (tertiary/aromatic N) is 2. The Hall–Kier alpha value is -2.61. The number of alkyl halides is 3. The van der Waals surface area contributed by atoms with Crippen LogP contribution in [0.3, 0.4) is 0 Å². The molecule has 0 heterocycles. The first kappa shape index (κ1) is 18.7. The summed E-state index contributed by atoms with van der Waals surface area (Å²) in [5, 5.41) is 11.1. The number of hydrogen-bond acceptors (Lipinski definition) is 3. The van der Waals surface area contributed by atoms with Crippen molar-refractivity contribution < 1.29 is 22.9 Å². The molecule has 2 aromatic rings. The minimum atomic E-state index is -4.56. The molecule has 0 saturated carbocycles. The molecule has 0 aromatic heterocycles. The van der Waals surface area contributed by atoms with Crippen molar-refractivity contribution >= 4 is 23.2 Å². The Morgan fingerprint density at radius 3 is 2.48 bits per heavy atom. The van der Waals surface area contributed by atoms with E-state index in [4.69, 9.17) is 11.6 Å². The summed E-state index contributed by atoms with van der Waals surface area (Å²) in [6, 6.07) is 8.34. The van der Waals surface area contributed by atoms with Gasteiger partial charge < -0.3 is 4.90 Å². The van der Waals surface area contributed by atoms with Gasteiger partial charge in [-0.15, -0.1) is 0 Å². The van der Waals surface area contributed by atoms with Gasteiger partial charge in [-0.2, -0.15) is 13.2 Å². The second kappa shape index (κ2) is 7.10. The van der Waals surface area contributed by atoms with Crippen LogP contribution in [-0.2, 0) is 12.7 Å². The van der Waals surface area contributed by atoms with Crippen molar-refractivity contribution in [2.75, 3.05) is 7.05 Å². The number of carbonyl (C=O) groups excluding carboxylic acids is 1. The lowest BCUT2D eigenvalue weighted by atomic mass is 10.1. The van der Waals surface area contributed by atoms with E-state index in [1.54, 1.807) is 0 Å². The monoisotopic (exact) mass is 372 g/mol. The van der Waals surface area contributed by atoms with Crippen molar-refractivity contribution in [1.29, 1.82) is 0 Å². The maximum Gasteiger partial charge on any atom is 0.416 e. The number of rotatable bonds is 4. The van der Waals surface area contributed by atoms with E-state index in [-0.39, 0.29) is 22.7 Å². The van der Waals surface area contributed by atoms with Crippen molar-refractivity contribution in [1.82, 2.24) is 4.90 Å². The fraction of sp³-hybridized carbons (Fsp3) is 0.188. The first-order valence-corrected chi connectivity index (χ1v) is 7.33. The summed E-state index contributed by atoms with van der Waals surface area (Å²) < 4.78 is 39.1. The predicted molar refractivity (Wildman–Crippen MR) is 85.3 cm³/mol. The molecule has 0 unspecified atom stereocenters. The minimum Gasteiger partial charge on any atom is -0.337 e. The van der Waals surface area contributed by atoms with E-state index >= 15 is 0 Å². The third kappa shape index (κ3) is 4.27. The summed E-state index contributed by atoms with van der Waals surface area (Å²) in [6.45, 7) is -0.353. The van der Waals surface area contributed by atoms with E-state index in [9.17, 15) is 28.1 Å². The smallest absolute Gasteiger partial charge is 0.337 e. The van der Waals surface area contributed by atoms with Crippen LogP contribution in [0.5, 0.6) is 0 Å². The van der Waals surface area contributed by atoms with E-state index in [2.05, 4.69) is 0 Å². The molecule has 1 amide bonds. The normalized spacial score (nSPS) is 11.2. The lowest BCUT2D eigenvalue weighted by Gasteiger charge is -2.20. The number of halogens is 4. The van der Waals surface area contributed by atoms with Crippen LogP contribution in [0.1, 0.15) is 21.5 Å². The van der Waals surface area contributed by atoms with Gasteiger partial charge in [-0.25, -0.2) is 0 Å². The van der Waals surface area contributed by atoms with Crippen LogP contribution in [0.25, 0.3) is 0 Å². The van der Waals surface area contributed by atoms with Gasteiger partial charge >= 0.3 is 6.18 Å². The molecule has 0 fully saturated rings. The van der Waals surface area contributed by atoms with E-state index in [0.717, 1.165) is 17.0 Å². The Kier molecular flexibility index (Phi) is 5.32. The summed E-state index contributed by atoms with van der Waals surface area (Å²) in [6.07, 6.45) is -4.56. The van der Waals surface area contributed by atoms with Gasteiger partial charge in [0.1, 0.15) is 5.56 Å². The molecule has 2 aromatic carbocycles. The second-order valence-electron chi connectivity index (χ2n) is 5.23. The first-order chi connectivity index (χ1) is 11.6. The maximum atomic E-state index is 13.0. The Morgan fingerprint density at radius 1 is 1.24 bits per heavy atom. The first-order valence-electron chi connectivity index (χ1n) is 6.95. The van der Waals surface area contributed by atoms with Gasteiger partial charge in [-0.05, 0) is 23.8 Å². The van der Waals surface area contributed by atoms with E-state index in [0.29, 0.717) is 0 Å². The Bertz CT molecular complexity index is 825. The predicted octanol–water partition coefficient (Wildman–Crippen LogP) is 4.54. The van der Waals surface area contributed by atoms with Crippen LogP contribution < -0.4 is 0 Å². The molecule has 0 aliphatic carbocycles. The highest BCUT2D eigenvalue weighted by molar-refractivity contribution is 6.31. The van der Waals surface area contributed by atoms with Crippen LogP contribution in [0, 0.1) is 10.1 Å². The summed E-state index contributed by atoms with van der Waals surface area (Å²) in [5.41, 5.74) is -1.72. The summed E-state index contributed by atoms with van der Waals surface area (Å²) in [4.78, 5) is 23.7. The average molecular weight is 373 g/mol. The number of nitro benzene ring substituents is 1. The molecule has 0 aliphatic rings. The average Bonchev–Trinajstić information content (AvgIpc) is 2.53. The van der Waals surface area contributed by atoms with Gasteiger partial charge in [0.2, 0.25) is 0 Å². The van der Waals surface area contributed by atoms with Gasteiger partial charge in [0.15, 0.2) is 0 Å². The molecule has 0 aliphatic heterocycles. The lowest BCUT2D eigenvalue weighted by molar-refractivity contribution is -0.385. The molecule has 9 heteroatoms. The molecular weight excluding hydrogens is 361 g/mol. The number of benzene rings is 2. The molecule has 132 valence electrons. The highest BCUT2D eigenvalue weighted by atomic mass is 35.5. The quantitative estimate of drug-likeness (QED) is 0.584. The lowest BCUT2D eigenvalue weighted by Crippen LogP contribution is -2.28. The molecular formula is C16H12ClF3N2O3. The molecule has 0 spiro atoms. The van der Waals surface area contributed by atoms with Gasteiger partial charge in [-0.3, -0.25) is 14.9 Å². The Labute approximate surface area is 145 Å². The van der Waals surface area contributed by atoms with Crippen molar-refractivity contribution in [2.45, 2.75) is 12.7 Å². The maximum absolute atomic E-state index is 13.0. The third-order valence-electron chi connectivity index (χ3n) is 3.46. The van der Waals surface area contributed by atoms with E-state index in [1.807, 2.05) is 0 Å². The van der Waals surface area contributed by atoms with Crippen molar-refractivity contribution in [2.24, 2.45) is 0 Å². The largest absolute Gasteiger partial charge is 0.416 e. The minimum absolute atomic E-state index is 0.0771.